The number of hydrogen-bond donors (Lipinski definition) is 0. The summed E-state index contributed by atoms with van der Waals surface area (Å²) in [7, 11) is 0. The monoisotopic (exact) mass is 181 g/mol. The van der Waals surface area contributed by atoms with Gasteiger partial charge in [0.2, 0.25) is 0 Å². The molecule has 0 radical (unpaired) electrons. The third-order valence-electron chi connectivity index (χ3n) is 3.62. The Labute approximate surface area is 80.3 Å². The Balaban J connectivity index is 2.18. The molecule has 1 fully saturated rings. The second kappa shape index (κ2) is 2.49. The molecular formula is C11H19NO. The Hall–Kier alpha value is -0.530. The van der Waals surface area contributed by atoms with Crippen molar-refractivity contribution in [3.63, 3.8) is 0 Å². The van der Waals surface area contributed by atoms with Gasteiger partial charge in [0.15, 0.2) is 0 Å². The van der Waals surface area contributed by atoms with Crippen molar-refractivity contribution < 1.29 is 4.84 Å². The van der Waals surface area contributed by atoms with E-state index in [1.54, 1.807) is 0 Å². The predicted octanol–water partition coefficient (Wildman–Crippen LogP) is 2.69. The lowest BCUT2D eigenvalue weighted by Crippen LogP contribution is -2.51. The van der Waals surface area contributed by atoms with Crippen molar-refractivity contribution in [1.82, 2.24) is 0 Å². The Bertz CT molecular complexity index is 251. The maximum Gasteiger partial charge on any atom is 0.138 e. The second-order valence-electron chi connectivity index (χ2n) is 5.54. The molecule has 2 heteroatoms. The number of rotatable bonds is 0. The Kier molecular flexibility index (Phi) is 1.73. The highest BCUT2D eigenvalue weighted by Gasteiger charge is 2.55. The Morgan fingerprint density at radius 2 is 1.77 bits per heavy atom. The van der Waals surface area contributed by atoms with Crippen LogP contribution in [0.4, 0.5) is 0 Å². The molecule has 1 saturated carbocycles. The lowest BCUT2D eigenvalue weighted by molar-refractivity contribution is -0.0764. The Morgan fingerprint density at radius 3 is 2.31 bits per heavy atom. The minimum absolute atomic E-state index is 0.174. The highest BCUT2D eigenvalue weighted by atomic mass is 16.6. The highest BCUT2D eigenvalue weighted by molar-refractivity contribution is 5.93. The minimum atomic E-state index is 0.174. The van der Waals surface area contributed by atoms with E-state index in [0.717, 1.165) is 5.92 Å². The highest BCUT2D eigenvalue weighted by Crippen LogP contribution is 2.49. The van der Waals surface area contributed by atoms with Gasteiger partial charge >= 0.3 is 0 Å². The van der Waals surface area contributed by atoms with Gasteiger partial charge in [-0.2, -0.15) is 0 Å². The summed E-state index contributed by atoms with van der Waals surface area (Å²) in [4.78, 5) is 5.46. The topological polar surface area (TPSA) is 21.6 Å². The van der Waals surface area contributed by atoms with E-state index in [2.05, 4.69) is 39.8 Å². The van der Waals surface area contributed by atoms with Crippen LogP contribution in [0.1, 0.15) is 34.6 Å². The molecule has 0 bridgehead atoms. The van der Waals surface area contributed by atoms with E-state index in [1.807, 2.05) is 0 Å². The maximum atomic E-state index is 5.46. The number of nitrogens with zero attached hydrogens (tertiary/aromatic N) is 1. The molecule has 0 saturated heterocycles. The van der Waals surface area contributed by atoms with Crippen LogP contribution >= 0.6 is 0 Å². The summed E-state index contributed by atoms with van der Waals surface area (Å²) >= 11 is 0. The van der Waals surface area contributed by atoms with E-state index < -0.39 is 0 Å². The van der Waals surface area contributed by atoms with Crippen molar-refractivity contribution in [2.24, 2.45) is 28.3 Å². The summed E-state index contributed by atoms with van der Waals surface area (Å²) in [5, 5.41) is 4.25. The zero-order valence-corrected chi connectivity index (χ0v) is 9.16. The average molecular weight is 181 g/mol. The molecule has 0 aromatic heterocycles. The maximum absolute atomic E-state index is 5.46. The summed E-state index contributed by atoms with van der Waals surface area (Å²) in [6.45, 7) is 11.2. The van der Waals surface area contributed by atoms with Gasteiger partial charge in [-0.05, 0) is 11.8 Å². The van der Waals surface area contributed by atoms with Gasteiger partial charge in [-0.25, -0.2) is 0 Å². The first-order valence-electron chi connectivity index (χ1n) is 5.17. The molecule has 0 spiro atoms. The molecule has 2 aliphatic rings. The zero-order chi connectivity index (χ0) is 9.80. The third-order valence-corrected chi connectivity index (χ3v) is 3.62. The molecule has 0 aromatic rings. The SMILES string of the molecule is C[C@@H]1[C@H](C)[C@H]2ON=C(C(C)(C)C)[C@@H]12. The Morgan fingerprint density at radius 1 is 1.15 bits per heavy atom. The van der Waals surface area contributed by atoms with Crippen molar-refractivity contribution in [2.75, 3.05) is 0 Å². The summed E-state index contributed by atoms with van der Waals surface area (Å²) in [6.07, 6.45) is 0.379. The van der Waals surface area contributed by atoms with Gasteiger partial charge < -0.3 is 4.84 Å². The van der Waals surface area contributed by atoms with Crippen LogP contribution in [0.3, 0.4) is 0 Å². The molecule has 1 aliphatic carbocycles. The van der Waals surface area contributed by atoms with Gasteiger partial charge in [0.1, 0.15) is 6.10 Å². The zero-order valence-electron chi connectivity index (χ0n) is 9.16. The van der Waals surface area contributed by atoms with E-state index in [9.17, 15) is 0 Å². The van der Waals surface area contributed by atoms with Crippen molar-refractivity contribution in [1.29, 1.82) is 0 Å². The number of hydrogen-bond acceptors (Lipinski definition) is 2. The van der Waals surface area contributed by atoms with E-state index in [1.165, 1.54) is 5.71 Å². The van der Waals surface area contributed by atoms with Gasteiger partial charge in [0.05, 0.1) is 5.71 Å². The minimum Gasteiger partial charge on any atom is -0.392 e. The molecule has 74 valence electrons. The predicted molar refractivity (Wildman–Crippen MR) is 53.6 cm³/mol. The molecule has 0 N–H and O–H groups in total. The molecule has 0 unspecified atom stereocenters. The summed E-state index contributed by atoms with van der Waals surface area (Å²) in [6, 6.07) is 0. The molecule has 1 aliphatic heterocycles. The van der Waals surface area contributed by atoms with Gasteiger partial charge in [-0.3, -0.25) is 0 Å². The number of oxime groups is 1. The van der Waals surface area contributed by atoms with E-state index in [-0.39, 0.29) is 5.41 Å². The molecular weight excluding hydrogens is 162 g/mol. The van der Waals surface area contributed by atoms with Crippen LogP contribution in [0.25, 0.3) is 0 Å². The summed E-state index contributed by atoms with van der Waals surface area (Å²) < 4.78 is 0. The van der Waals surface area contributed by atoms with E-state index >= 15 is 0 Å². The van der Waals surface area contributed by atoms with Gasteiger partial charge in [-0.15, -0.1) is 0 Å². The lowest BCUT2D eigenvalue weighted by atomic mass is 9.59. The molecule has 0 amide bonds. The van der Waals surface area contributed by atoms with Crippen LogP contribution < -0.4 is 0 Å². The summed E-state index contributed by atoms with van der Waals surface area (Å²) in [5.74, 6) is 2.01. The largest absolute Gasteiger partial charge is 0.392 e. The van der Waals surface area contributed by atoms with E-state index in [0.29, 0.717) is 17.9 Å². The van der Waals surface area contributed by atoms with Gasteiger partial charge in [-0.1, -0.05) is 39.8 Å². The van der Waals surface area contributed by atoms with Crippen molar-refractivity contribution in [3.05, 3.63) is 0 Å². The number of fused-ring (bicyclic) bond motifs is 1. The van der Waals surface area contributed by atoms with Crippen LogP contribution in [0.5, 0.6) is 0 Å². The first kappa shape index (κ1) is 9.04. The summed E-state index contributed by atoms with van der Waals surface area (Å²) in [5.41, 5.74) is 1.44. The third kappa shape index (κ3) is 1.11. The van der Waals surface area contributed by atoms with Crippen LogP contribution in [0.2, 0.25) is 0 Å². The first-order valence-corrected chi connectivity index (χ1v) is 5.17. The fraction of sp³-hybridized carbons (Fsp3) is 0.909. The van der Waals surface area contributed by atoms with Crippen LogP contribution in [0.15, 0.2) is 5.16 Å². The fourth-order valence-electron chi connectivity index (χ4n) is 2.49. The van der Waals surface area contributed by atoms with Gasteiger partial charge in [0.25, 0.3) is 0 Å². The normalized spacial score (nSPS) is 43.3. The van der Waals surface area contributed by atoms with Gasteiger partial charge in [0, 0.05) is 11.3 Å². The van der Waals surface area contributed by atoms with Crippen molar-refractivity contribution in [2.45, 2.75) is 40.7 Å². The fourth-order valence-corrected chi connectivity index (χ4v) is 2.49. The smallest absolute Gasteiger partial charge is 0.138 e. The average Bonchev–Trinajstić information content (AvgIpc) is 2.42. The molecule has 0 aromatic carbocycles. The second-order valence-corrected chi connectivity index (χ2v) is 5.54. The lowest BCUT2D eigenvalue weighted by Gasteiger charge is -2.44. The molecule has 1 heterocycles. The molecule has 2 rings (SSSR count). The molecule has 13 heavy (non-hydrogen) atoms. The van der Waals surface area contributed by atoms with Crippen LogP contribution in [-0.4, -0.2) is 11.8 Å². The standard InChI is InChI=1S/C11H19NO/c1-6-7(2)9-8(6)10(12-13-9)11(3,4)5/h6-9H,1-5H3/t6-,7+,8+,9-/m1/s1. The first-order chi connectivity index (χ1) is 5.93. The van der Waals surface area contributed by atoms with Crippen molar-refractivity contribution >= 4 is 5.71 Å². The van der Waals surface area contributed by atoms with Crippen LogP contribution in [-0.2, 0) is 4.84 Å². The quantitative estimate of drug-likeness (QED) is 0.563. The molecule has 4 atom stereocenters. The van der Waals surface area contributed by atoms with Crippen molar-refractivity contribution in [3.8, 4) is 0 Å². The van der Waals surface area contributed by atoms with E-state index in [4.69, 9.17) is 4.84 Å². The van der Waals surface area contributed by atoms with Crippen LogP contribution in [0, 0.1) is 23.2 Å². The molecule has 2 nitrogen and oxygen atoms in total.